The summed E-state index contributed by atoms with van der Waals surface area (Å²) < 4.78 is 0. The molecule has 0 fully saturated rings. The molecule has 5 heteroatoms. The maximum absolute atomic E-state index is 9.29. The fourth-order valence-corrected chi connectivity index (χ4v) is 1.81. The Balaban J connectivity index is 2.95. The first-order chi connectivity index (χ1) is 8.63. The van der Waals surface area contributed by atoms with E-state index in [-0.39, 0.29) is 0 Å². The molecular weight excluding hydrogens is 226 g/mol. The van der Waals surface area contributed by atoms with Crippen molar-refractivity contribution in [2.24, 2.45) is 0 Å². The average molecular weight is 247 g/mol. The molecular formula is C13H21N5. The van der Waals surface area contributed by atoms with E-state index in [1.807, 2.05) is 27.9 Å². The van der Waals surface area contributed by atoms with E-state index in [1.165, 1.54) is 0 Å². The molecule has 0 atom stereocenters. The standard InChI is InChI=1S/C13H21N5/c1-5-10-11(9-14)13(15-7-8-18(3)4)17-16-12(10)6-2/h5-8H2,1-4H3,(H,15,17). The molecule has 1 aromatic heterocycles. The Morgan fingerprint density at radius 1 is 1.22 bits per heavy atom. The van der Waals surface area contributed by atoms with Crippen LogP contribution in [-0.2, 0) is 12.8 Å². The highest BCUT2D eigenvalue weighted by molar-refractivity contribution is 5.56. The Bertz CT molecular complexity index is 434. The summed E-state index contributed by atoms with van der Waals surface area (Å²) in [6, 6.07) is 2.25. The maximum Gasteiger partial charge on any atom is 0.166 e. The van der Waals surface area contributed by atoms with Crippen LogP contribution in [-0.4, -0.2) is 42.3 Å². The molecule has 0 aliphatic heterocycles. The van der Waals surface area contributed by atoms with Crippen molar-refractivity contribution in [3.8, 4) is 6.07 Å². The van der Waals surface area contributed by atoms with Gasteiger partial charge >= 0.3 is 0 Å². The van der Waals surface area contributed by atoms with Gasteiger partial charge in [0.05, 0.1) is 5.69 Å². The van der Waals surface area contributed by atoms with Crippen molar-refractivity contribution in [2.75, 3.05) is 32.5 Å². The van der Waals surface area contributed by atoms with Gasteiger partial charge in [0.25, 0.3) is 0 Å². The molecule has 0 saturated heterocycles. The fourth-order valence-electron chi connectivity index (χ4n) is 1.81. The lowest BCUT2D eigenvalue weighted by molar-refractivity contribution is 0.425. The minimum absolute atomic E-state index is 0.605. The van der Waals surface area contributed by atoms with Crippen LogP contribution in [0.5, 0.6) is 0 Å². The van der Waals surface area contributed by atoms with E-state index in [4.69, 9.17) is 0 Å². The van der Waals surface area contributed by atoms with Crippen LogP contribution in [0.4, 0.5) is 5.82 Å². The van der Waals surface area contributed by atoms with Crippen molar-refractivity contribution in [3.05, 3.63) is 16.8 Å². The predicted molar refractivity (Wildman–Crippen MR) is 72.5 cm³/mol. The van der Waals surface area contributed by atoms with Crippen molar-refractivity contribution in [2.45, 2.75) is 26.7 Å². The molecule has 1 aromatic rings. The van der Waals surface area contributed by atoms with Gasteiger partial charge in [-0.3, -0.25) is 0 Å². The van der Waals surface area contributed by atoms with Crippen LogP contribution in [0.15, 0.2) is 0 Å². The normalized spacial score (nSPS) is 10.4. The average Bonchev–Trinajstić information content (AvgIpc) is 2.37. The van der Waals surface area contributed by atoms with E-state index in [9.17, 15) is 5.26 Å². The molecule has 0 spiro atoms. The summed E-state index contributed by atoms with van der Waals surface area (Å²) >= 11 is 0. The number of nitriles is 1. The Kier molecular flexibility index (Phi) is 5.53. The lowest BCUT2D eigenvalue weighted by atomic mass is 10.0. The maximum atomic E-state index is 9.29. The predicted octanol–water partition coefficient (Wildman–Crippen LogP) is 1.45. The molecule has 0 saturated carbocycles. The number of nitrogens with one attached hydrogen (secondary N) is 1. The van der Waals surface area contributed by atoms with E-state index in [1.54, 1.807) is 0 Å². The zero-order valence-corrected chi connectivity index (χ0v) is 11.6. The minimum atomic E-state index is 0.605. The minimum Gasteiger partial charge on any atom is -0.366 e. The van der Waals surface area contributed by atoms with Crippen LogP contribution in [0.3, 0.4) is 0 Å². The van der Waals surface area contributed by atoms with E-state index in [0.717, 1.165) is 37.2 Å². The molecule has 0 unspecified atom stereocenters. The first-order valence-electron chi connectivity index (χ1n) is 6.31. The van der Waals surface area contributed by atoms with Crippen LogP contribution in [0.1, 0.15) is 30.7 Å². The summed E-state index contributed by atoms with van der Waals surface area (Å²) in [7, 11) is 4.02. The highest BCUT2D eigenvalue weighted by Gasteiger charge is 2.13. The first kappa shape index (κ1) is 14.4. The molecule has 1 N–H and O–H groups in total. The van der Waals surface area contributed by atoms with Crippen molar-refractivity contribution in [1.82, 2.24) is 15.1 Å². The van der Waals surface area contributed by atoms with E-state index in [0.29, 0.717) is 11.4 Å². The quantitative estimate of drug-likeness (QED) is 0.824. The lowest BCUT2D eigenvalue weighted by Gasteiger charge is -2.13. The largest absolute Gasteiger partial charge is 0.366 e. The second-order valence-electron chi connectivity index (χ2n) is 4.40. The molecule has 18 heavy (non-hydrogen) atoms. The smallest absolute Gasteiger partial charge is 0.166 e. The Labute approximate surface area is 109 Å². The summed E-state index contributed by atoms with van der Waals surface area (Å²) in [6.45, 7) is 5.72. The highest BCUT2D eigenvalue weighted by Crippen LogP contribution is 2.19. The molecule has 98 valence electrons. The van der Waals surface area contributed by atoms with Gasteiger partial charge in [-0.05, 0) is 32.5 Å². The third-order valence-corrected chi connectivity index (χ3v) is 2.81. The molecule has 0 aromatic carbocycles. The third kappa shape index (κ3) is 3.41. The van der Waals surface area contributed by atoms with Gasteiger partial charge in [0.1, 0.15) is 11.6 Å². The van der Waals surface area contributed by atoms with Crippen LogP contribution < -0.4 is 5.32 Å². The molecule has 1 rings (SSSR count). The number of hydrogen-bond donors (Lipinski definition) is 1. The fraction of sp³-hybridized carbons (Fsp3) is 0.615. The summed E-state index contributed by atoms with van der Waals surface area (Å²) in [6.07, 6.45) is 1.62. The Hall–Kier alpha value is -1.67. The number of nitrogens with zero attached hydrogens (tertiary/aromatic N) is 4. The topological polar surface area (TPSA) is 64.8 Å². The van der Waals surface area contributed by atoms with Crippen LogP contribution >= 0.6 is 0 Å². The summed E-state index contributed by atoms with van der Waals surface area (Å²) in [5, 5.41) is 20.8. The monoisotopic (exact) mass is 247 g/mol. The third-order valence-electron chi connectivity index (χ3n) is 2.81. The molecule has 0 bridgehead atoms. The number of likely N-dealkylation sites (N-methyl/N-ethyl adjacent to an activating group) is 1. The van der Waals surface area contributed by atoms with Crippen molar-refractivity contribution >= 4 is 5.82 Å². The highest BCUT2D eigenvalue weighted by atomic mass is 15.2. The SMILES string of the molecule is CCc1nnc(NCCN(C)C)c(C#N)c1CC. The lowest BCUT2D eigenvalue weighted by Crippen LogP contribution is -2.22. The van der Waals surface area contributed by atoms with E-state index in [2.05, 4.69) is 26.5 Å². The van der Waals surface area contributed by atoms with Gasteiger partial charge in [0.15, 0.2) is 5.82 Å². The van der Waals surface area contributed by atoms with Crippen molar-refractivity contribution in [3.63, 3.8) is 0 Å². The molecule has 0 aliphatic carbocycles. The molecule has 0 amide bonds. The summed E-state index contributed by atoms with van der Waals surface area (Å²) in [5.41, 5.74) is 2.58. The number of hydrogen-bond acceptors (Lipinski definition) is 5. The van der Waals surface area contributed by atoms with Crippen LogP contribution in [0.2, 0.25) is 0 Å². The van der Waals surface area contributed by atoms with Crippen LogP contribution in [0, 0.1) is 11.3 Å². The number of aryl methyl sites for hydroxylation is 1. The number of aromatic nitrogens is 2. The zero-order valence-electron chi connectivity index (χ0n) is 11.6. The van der Waals surface area contributed by atoms with Crippen molar-refractivity contribution in [1.29, 1.82) is 5.26 Å². The van der Waals surface area contributed by atoms with E-state index < -0.39 is 0 Å². The molecule has 1 heterocycles. The molecule has 0 radical (unpaired) electrons. The van der Waals surface area contributed by atoms with Gasteiger partial charge in [0.2, 0.25) is 0 Å². The van der Waals surface area contributed by atoms with Gasteiger partial charge in [-0.25, -0.2) is 0 Å². The second-order valence-corrected chi connectivity index (χ2v) is 4.40. The van der Waals surface area contributed by atoms with Gasteiger partial charge in [-0.2, -0.15) is 10.4 Å². The van der Waals surface area contributed by atoms with Gasteiger partial charge in [0, 0.05) is 13.1 Å². The van der Waals surface area contributed by atoms with Crippen LogP contribution in [0.25, 0.3) is 0 Å². The van der Waals surface area contributed by atoms with E-state index >= 15 is 0 Å². The van der Waals surface area contributed by atoms with Crippen molar-refractivity contribution < 1.29 is 0 Å². The van der Waals surface area contributed by atoms with Gasteiger partial charge < -0.3 is 10.2 Å². The Morgan fingerprint density at radius 2 is 1.94 bits per heavy atom. The number of anilines is 1. The van der Waals surface area contributed by atoms with Gasteiger partial charge in [-0.1, -0.05) is 13.8 Å². The second kappa shape index (κ2) is 6.92. The zero-order chi connectivity index (χ0) is 13.5. The first-order valence-corrected chi connectivity index (χ1v) is 6.31. The summed E-state index contributed by atoms with van der Waals surface area (Å²) in [5.74, 6) is 0.605. The summed E-state index contributed by atoms with van der Waals surface area (Å²) in [4.78, 5) is 2.08. The Morgan fingerprint density at radius 3 is 2.44 bits per heavy atom. The molecule has 5 nitrogen and oxygen atoms in total. The molecule has 0 aliphatic rings. The number of rotatable bonds is 6. The van der Waals surface area contributed by atoms with Gasteiger partial charge in [-0.15, -0.1) is 5.10 Å².